The van der Waals surface area contributed by atoms with Gasteiger partial charge in [0.05, 0.1) is 11.4 Å². The van der Waals surface area contributed by atoms with E-state index in [9.17, 15) is 26.7 Å². The average Bonchev–Trinajstić information content (AvgIpc) is 2.72. The third kappa shape index (κ3) is 5.80. The zero-order chi connectivity index (χ0) is 22.6. The van der Waals surface area contributed by atoms with E-state index in [0.29, 0.717) is 17.3 Å². The molecule has 0 bridgehead atoms. The van der Waals surface area contributed by atoms with Crippen molar-refractivity contribution in [2.24, 2.45) is 5.73 Å². The molecule has 0 radical (unpaired) electrons. The Hall–Kier alpha value is -3.43. The van der Waals surface area contributed by atoms with E-state index in [2.05, 4.69) is 15.2 Å². The molecule has 5 nitrogen and oxygen atoms in total. The third-order valence-corrected chi connectivity index (χ3v) is 4.56. The van der Waals surface area contributed by atoms with Crippen molar-refractivity contribution >= 4 is 5.91 Å². The SMILES string of the molecule is FC(F)(F)c1cc(-c2cc3c(nn2)CCCC3)ccn1.NC(=O)c1cc(F)cc(F)c1. The Bertz CT molecular complexity index is 1080. The van der Waals surface area contributed by atoms with Crippen molar-refractivity contribution in [1.82, 2.24) is 15.2 Å². The Morgan fingerprint density at radius 2 is 1.61 bits per heavy atom. The van der Waals surface area contributed by atoms with E-state index in [1.807, 2.05) is 6.07 Å². The second-order valence-corrected chi connectivity index (χ2v) is 6.86. The van der Waals surface area contributed by atoms with Crippen molar-refractivity contribution in [1.29, 1.82) is 0 Å². The number of hydrogen-bond acceptors (Lipinski definition) is 4. The number of pyridine rings is 1. The molecule has 31 heavy (non-hydrogen) atoms. The van der Waals surface area contributed by atoms with E-state index in [0.717, 1.165) is 61.3 Å². The van der Waals surface area contributed by atoms with Gasteiger partial charge in [0.25, 0.3) is 0 Å². The number of rotatable bonds is 2. The van der Waals surface area contributed by atoms with E-state index in [4.69, 9.17) is 5.73 Å². The van der Waals surface area contributed by atoms with Crippen LogP contribution in [0.5, 0.6) is 0 Å². The fourth-order valence-corrected chi connectivity index (χ4v) is 3.07. The quantitative estimate of drug-likeness (QED) is 0.600. The van der Waals surface area contributed by atoms with E-state index in [-0.39, 0.29) is 5.56 Å². The number of primary amides is 1. The van der Waals surface area contributed by atoms with Crippen molar-refractivity contribution in [3.8, 4) is 11.3 Å². The fraction of sp³-hybridized carbons (Fsp3) is 0.238. The Labute approximate surface area is 174 Å². The van der Waals surface area contributed by atoms with E-state index in [1.165, 1.54) is 6.07 Å². The van der Waals surface area contributed by atoms with Gasteiger partial charge in [0.2, 0.25) is 5.91 Å². The van der Waals surface area contributed by atoms with Gasteiger partial charge in [0.15, 0.2) is 0 Å². The minimum atomic E-state index is -4.45. The summed E-state index contributed by atoms with van der Waals surface area (Å²) in [7, 11) is 0. The number of alkyl halides is 3. The minimum Gasteiger partial charge on any atom is -0.366 e. The normalized spacial score (nSPS) is 13.1. The lowest BCUT2D eigenvalue weighted by atomic mass is 9.95. The number of hydrogen-bond donors (Lipinski definition) is 1. The third-order valence-electron chi connectivity index (χ3n) is 4.56. The summed E-state index contributed by atoms with van der Waals surface area (Å²) in [5, 5.41) is 8.18. The maximum Gasteiger partial charge on any atom is 0.433 e. The highest BCUT2D eigenvalue weighted by atomic mass is 19.4. The lowest BCUT2D eigenvalue weighted by Gasteiger charge is -2.14. The van der Waals surface area contributed by atoms with Crippen molar-refractivity contribution in [3.05, 3.63) is 76.7 Å². The number of carbonyl (C=O) groups is 1. The molecule has 10 heteroatoms. The maximum atomic E-state index is 12.7. The number of halogens is 5. The molecule has 0 atom stereocenters. The van der Waals surface area contributed by atoms with Gasteiger partial charge in [-0.05, 0) is 61.6 Å². The molecule has 1 aromatic carbocycles. The summed E-state index contributed by atoms with van der Waals surface area (Å²) in [6.45, 7) is 0. The Balaban J connectivity index is 0.000000210. The molecular formula is C21H17F5N4O. The monoisotopic (exact) mass is 436 g/mol. The van der Waals surface area contributed by atoms with Gasteiger partial charge >= 0.3 is 6.18 Å². The van der Waals surface area contributed by atoms with Gasteiger partial charge in [-0.25, -0.2) is 8.78 Å². The van der Waals surface area contributed by atoms with Gasteiger partial charge in [-0.1, -0.05) is 0 Å². The Morgan fingerprint density at radius 1 is 0.935 bits per heavy atom. The predicted molar refractivity (Wildman–Crippen MR) is 102 cm³/mol. The van der Waals surface area contributed by atoms with Crippen molar-refractivity contribution in [2.45, 2.75) is 31.9 Å². The van der Waals surface area contributed by atoms with E-state index >= 15 is 0 Å². The Morgan fingerprint density at radius 3 is 2.26 bits per heavy atom. The van der Waals surface area contributed by atoms with Crippen LogP contribution < -0.4 is 5.73 Å². The van der Waals surface area contributed by atoms with Crippen LogP contribution in [0.2, 0.25) is 0 Å². The topological polar surface area (TPSA) is 81.8 Å². The average molecular weight is 436 g/mol. The minimum absolute atomic E-state index is 0.164. The number of nitrogens with two attached hydrogens (primary N) is 1. The summed E-state index contributed by atoms with van der Waals surface area (Å²) in [5.41, 5.74) is 6.63. The maximum absolute atomic E-state index is 12.7. The number of fused-ring (bicyclic) bond motifs is 1. The summed E-state index contributed by atoms with van der Waals surface area (Å²) in [4.78, 5) is 13.7. The molecule has 2 heterocycles. The van der Waals surface area contributed by atoms with Crippen LogP contribution in [0.4, 0.5) is 22.0 Å². The highest BCUT2D eigenvalue weighted by molar-refractivity contribution is 5.92. The molecule has 0 saturated carbocycles. The predicted octanol–water partition coefficient (Wildman–Crippen LogP) is 4.50. The molecule has 1 amide bonds. The zero-order valence-electron chi connectivity index (χ0n) is 16.1. The van der Waals surface area contributed by atoms with Gasteiger partial charge in [-0.15, -0.1) is 0 Å². The van der Waals surface area contributed by atoms with Gasteiger partial charge in [-0.2, -0.15) is 23.4 Å². The zero-order valence-corrected chi connectivity index (χ0v) is 16.1. The lowest BCUT2D eigenvalue weighted by molar-refractivity contribution is -0.141. The second kappa shape index (κ2) is 9.15. The smallest absolute Gasteiger partial charge is 0.366 e. The molecule has 0 fully saturated rings. The number of aryl methyl sites for hydroxylation is 2. The molecule has 3 aromatic rings. The number of amides is 1. The highest BCUT2D eigenvalue weighted by Crippen LogP contribution is 2.30. The molecule has 4 rings (SSSR count). The number of aromatic nitrogens is 3. The highest BCUT2D eigenvalue weighted by Gasteiger charge is 2.32. The molecule has 1 aliphatic carbocycles. The van der Waals surface area contributed by atoms with Crippen LogP contribution in [0.1, 0.15) is 40.2 Å². The van der Waals surface area contributed by atoms with Crippen LogP contribution in [0, 0.1) is 11.6 Å². The first-order valence-electron chi connectivity index (χ1n) is 9.28. The molecule has 162 valence electrons. The molecule has 0 spiro atoms. The molecule has 1 aliphatic rings. The summed E-state index contributed by atoms with van der Waals surface area (Å²) < 4.78 is 62.7. The van der Waals surface area contributed by atoms with Gasteiger partial charge < -0.3 is 5.73 Å². The van der Waals surface area contributed by atoms with Gasteiger partial charge in [0.1, 0.15) is 17.3 Å². The van der Waals surface area contributed by atoms with Crippen LogP contribution in [-0.4, -0.2) is 21.1 Å². The fourth-order valence-electron chi connectivity index (χ4n) is 3.07. The molecule has 0 unspecified atom stereocenters. The summed E-state index contributed by atoms with van der Waals surface area (Å²) in [6.07, 6.45) is 0.690. The first kappa shape index (κ1) is 22.3. The van der Waals surface area contributed by atoms with Gasteiger partial charge in [0, 0.05) is 23.4 Å². The van der Waals surface area contributed by atoms with Crippen LogP contribution in [0.15, 0.2) is 42.6 Å². The van der Waals surface area contributed by atoms with Gasteiger partial charge in [-0.3, -0.25) is 9.78 Å². The molecule has 0 aliphatic heterocycles. The lowest BCUT2D eigenvalue weighted by Crippen LogP contribution is -2.11. The number of carbonyl (C=O) groups excluding carboxylic acids is 1. The summed E-state index contributed by atoms with van der Waals surface area (Å²) in [6, 6.07) is 6.81. The Kier molecular flexibility index (Phi) is 6.57. The molecule has 2 aromatic heterocycles. The van der Waals surface area contributed by atoms with Crippen molar-refractivity contribution in [3.63, 3.8) is 0 Å². The van der Waals surface area contributed by atoms with Crippen LogP contribution in [0.3, 0.4) is 0 Å². The number of benzene rings is 1. The first-order valence-corrected chi connectivity index (χ1v) is 9.28. The van der Waals surface area contributed by atoms with Crippen LogP contribution in [0.25, 0.3) is 11.3 Å². The standard InChI is InChI=1S/C14H12F3N3.C7H5F2NO/c15-14(16,17)13-8-10(5-6-18-13)12-7-9-3-1-2-4-11(9)19-20-12;8-5-1-4(7(10)11)2-6(9)3-5/h5-8H,1-4H2;1-3H,(H2,10,11). The van der Waals surface area contributed by atoms with E-state index in [1.54, 1.807) is 0 Å². The van der Waals surface area contributed by atoms with Crippen LogP contribution >= 0.6 is 0 Å². The van der Waals surface area contributed by atoms with Crippen LogP contribution in [-0.2, 0) is 19.0 Å². The van der Waals surface area contributed by atoms with Crippen molar-refractivity contribution < 1.29 is 26.7 Å². The molecular weight excluding hydrogens is 419 g/mol. The number of nitrogens with zero attached hydrogens (tertiary/aromatic N) is 3. The largest absolute Gasteiger partial charge is 0.433 e. The van der Waals surface area contributed by atoms with E-state index < -0.39 is 29.4 Å². The summed E-state index contributed by atoms with van der Waals surface area (Å²) in [5.74, 6) is -2.46. The summed E-state index contributed by atoms with van der Waals surface area (Å²) >= 11 is 0. The first-order chi connectivity index (χ1) is 14.6. The second-order valence-electron chi connectivity index (χ2n) is 6.86. The van der Waals surface area contributed by atoms with Crippen molar-refractivity contribution in [2.75, 3.05) is 0 Å². The molecule has 0 saturated heterocycles. The molecule has 2 N–H and O–H groups in total.